The number of quaternary nitrogens is 1. The Morgan fingerprint density at radius 3 is 2.29 bits per heavy atom. The lowest BCUT2D eigenvalue weighted by atomic mass is 9.86. The molecular formula is C43H51N6O7PS. The lowest BCUT2D eigenvalue weighted by Gasteiger charge is -2.45. The second-order valence-electron chi connectivity index (χ2n) is 15.6. The van der Waals surface area contributed by atoms with Crippen molar-refractivity contribution in [3.05, 3.63) is 101 Å². The first-order chi connectivity index (χ1) is 27.5. The maximum Gasteiger partial charge on any atom is 0.323 e. The molecule has 6 rings (SSSR count). The molecule has 4 N–H and O–H groups in total. The zero-order valence-electron chi connectivity index (χ0n) is 33.9. The minimum Gasteiger partial charge on any atom is -0.633 e. The number of benzene rings is 4. The Morgan fingerprint density at radius 1 is 0.879 bits per heavy atom. The minimum atomic E-state index is -2.76. The van der Waals surface area contributed by atoms with Crippen LogP contribution in [0, 0.1) is 5.21 Å². The number of thioether (sulfide) groups is 1. The molecule has 0 unspecified atom stereocenters. The van der Waals surface area contributed by atoms with Crippen LogP contribution in [0.25, 0.3) is 10.8 Å². The second-order valence-corrected chi connectivity index (χ2v) is 20.0. The summed E-state index contributed by atoms with van der Waals surface area (Å²) in [6.07, 6.45) is 1.61. The number of carbonyl (C=O) groups excluding carboxylic acids is 2. The van der Waals surface area contributed by atoms with Crippen LogP contribution in [-0.4, -0.2) is 86.8 Å². The van der Waals surface area contributed by atoms with E-state index in [-0.39, 0.29) is 22.5 Å². The average Bonchev–Trinajstić information content (AvgIpc) is 3.18. The van der Waals surface area contributed by atoms with E-state index in [4.69, 9.17) is 14.2 Å². The van der Waals surface area contributed by atoms with Crippen molar-refractivity contribution in [2.75, 3.05) is 81.2 Å². The third-order valence-electron chi connectivity index (χ3n) is 9.83. The third-order valence-corrected chi connectivity index (χ3v) is 12.3. The van der Waals surface area contributed by atoms with Crippen molar-refractivity contribution >= 4 is 69.8 Å². The molecule has 58 heavy (non-hydrogen) atoms. The van der Waals surface area contributed by atoms with E-state index in [1.807, 2.05) is 36.4 Å². The summed E-state index contributed by atoms with van der Waals surface area (Å²) in [5.41, 5.74) is 2.58. The molecule has 0 bridgehead atoms. The summed E-state index contributed by atoms with van der Waals surface area (Å²) in [5, 5.41) is 27.0. The van der Waals surface area contributed by atoms with Crippen molar-refractivity contribution in [3.63, 3.8) is 0 Å². The van der Waals surface area contributed by atoms with E-state index in [0.29, 0.717) is 76.4 Å². The summed E-state index contributed by atoms with van der Waals surface area (Å²) in [6.45, 7) is 11.2. The monoisotopic (exact) mass is 826 g/mol. The van der Waals surface area contributed by atoms with Crippen LogP contribution in [0.3, 0.4) is 0 Å². The van der Waals surface area contributed by atoms with Gasteiger partial charge in [0.15, 0.2) is 5.75 Å². The molecule has 15 heteroatoms. The molecule has 1 aliphatic heterocycles. The summed E-state index contributed by atoms with van der Waals surface area (Å²) in [7, 11) is 0.272. The Balaban J connectivity index is 1.17. The van der Waals surface area contributed by atoms with Gasteiger partial charge in [0.1, 0.15) is 30.2 Å². The Kier molecular flexibility index (Phi) is 12.9. The number of ether oxygens (including phenoxy) is 3. The van der Waals surface area contributed by atoms with Crippen molar-refractivity contribution in [1.82, 2.24) is 10.3 Å². The van der Waals surface area contributed by atoms with Crippen LogP contribution in [0.4, 0.5) is 27.7 Å². The molecule has 0 radical (unpaired) electrons. The Bertz CT molecular complexity index is 2360. The molecule has 1 fully saturated rings. The highest BCUT2D eigenvalue weighted by molar-refractivity contribution is 7.99. The third kappa shape index (κ3) is 10.4. The van der Waals surface area contributed by atoms with E-state index >= 15 is 0 Å². The van der Waals surface area contributed by atoms with Gasteiger partial charge in [-0.15, -0.1) is 0 Å². The number of methoxy groups -OCH3 is 2. The fourth-order valence-corrected chi connectivity index (χ4v) is 8.89. The quantitative estimate of drug-likeness (QED) is 0.0513. The van der Waals surface area contributed by atoms with E-state index in [0.717, 1.165) is 27.8 Å². The first kappa shape index (κ1) is 42.3. The van der Waals surface area contributed by atoms with Gasteiger partial charge >= 0.3 is 6.03 Å². The molecular weight excluding hydrogens is 776 g/mol. The number of hydrogen-bond donors (Lipinski definition) is 4. The van der Waals surface area contributed by atoms with Crippen molar-refractivity contribution in [2.45, 2.75) is 26.2 Å². The smallest absolute Gasteiger partial charge is 0.323 e. The van der Waals surface area contributed by atoms with E-state index in [1.165, 1.54) is 14.2 Å². The number of urea groups is 1. The van der Waals surface area contributed by atoms with E-state index in [9.17, 15) is 19.4 Å². The van der Waals surface area contributed by atoms with E-state index in [2.05, 4.69) is 47.0 Å². The lowest BCUT2D eigenvalue weighted by molar-refractivity contribution is -0.875. The standard InChI is InChI=1S/C43H51N6O7PS/c1-43(2,3)29-24-36(40(55-5)38(25-29)57(6,7)53)48-42(51)47-35-12-13-37(34-11-9-8-10-33(34)35)56-31-14-15-44-39(27-31)46-30-22-28(23-32(26-30)54-4)41(50)45-16-17-49(52)18-20-58-21-19-49/h8-15,22-27H,16-21H2,1-7H3,(H,44,46)(H,45,50)(H2,47,48,51). The van der Waals surface area contributed by atoms with Crippen LogP contribution in [0.2, 0.25) is 0 Å². The fraction of sp³-hybridized carbons (Fsp3) is 0.326. The van der Waals surface area contributed by atoms with Crippen LogP contribution >= 0.6 is 18.9 Å². The first-order valence-corrected chi connectivity index (χ1v) is 22.7. The van der Waals surface area contributed by atoms with Crippen molar-refractivity contribution < 1.29 is 33.0 Å². The molecule has 2 heterocycles. The summed E-state index contributed by atoms with van der Waals surface area (Å²) >= 11 is 1.79. The minimum absolute atomic E-state index is 0.269. The predicted molar refractivity (Wildman–Crippen MR) is 236 cm³/mol. The van der Waals surface area contributed by atoms with Crippen LogP contribution in [0.5, 0.6) is 23.0 Å². The number of nitrogens with zero attached hydrogens (tertiary/aromatic N) is 2. The lowest BCUT2D eigenvalue weighted by Crippen LogP contribution is -2.51. The second kappa shape index (κ2) is 17.7. The number of rotatable bonds is 13. The highest BCUT2D eigenvalue weighted by Crippen LogP contribution is 2.44. The van der Waals surface area contributed by atoms with Gasteiger partial charge in [-0.25, -0.2) is 9.78 Å². The van der Waals surface area contributed by atoms with Gasteiger partial charge in [0.05, 0.1) is 57.1 Å². The number of anilines is 4. The van der Waals surface area contributed by atoms with Gasteiger partial charge < -0.3 is 49.9 Å². The molecule has 3 amide bonds. The average molecular weight is 827 g/mol. The molecule has 13 nitrogen and oxygen atoms in total. The van der Waals surface area contributed by atoms with Crippen LogP contribution < -0.4 is 40.8 Å². The molecule has 1 aromatic heterocycles. The number of amides is 3. The predicted octanol–water partition coefficient (Wildman–Crippen LogP) is 8.77. The zero-order valence-corrected chi connectivity index (χ0v) is 35.6. The van der Waals surface area contributed by atoms with Gasteiger partial charge in [-0.05, 0) is 66.8 Å². The SMILES string of the molecule is COc1cc(Nc2cc(Oc3ccc(NC(=O)Nc4cc(C(C)(C)C)cc(P(C)(C)=O)c4OC)c4ccccc34)ccn2)cc(C(=O)NCC[N+]2([O-])CCSCC2)c1. The Hall–Kier alpha value is -5.27. The molecule has 0 atom stereocenters. The molecule has 0 spiro atoms. The van der Waals surface area contributed by atoms with Gasteiger partial charge in [0.25, 0.3) is 5.91 Å². The first-order valence-electron chi connectivity index (χ1n) is 19.0. The molecule has 5 aromatic rings. The number of nitrogens with one attached hydrogen (secondary N) is 4. The van der Waals surface area contributed by atoms with Gasteiger partial charge in [-0.2, -0.15) is 11.8 Å². The number of aromatic nitrogens is 1. The Morgan fingerprint density at radius 2 is 1.60 bits per heavy atom. The van der Waals surface area contributed by atoms with Gasteiger partial charge in [0.2, 0.25) is 0 Å². The largest absolute Gasteiger partial charge is 0.633 e. The van der Waals surface area contributed by atoms with Gasteiger partial charge in [-0.3, -0.25) is 4.79 Å². The highest BCUT2D eigenvalue weighted by Gasteiger charge is 2.26. The molecule has 306 valence electrons. The maximum atomic E-state index is 13.6. The van der Waals surface area contributed by atoms with E-state index in [1.54, 1.807) is 73.8 Å². The number of hydrogen-bond acceptors (Lipinski definition) is 10. The van der Waals surface area contributed by atoms with Crippen LogP contribution in [0.15, 0.2) is 85.1 Å². The maximum absolute atomic E-state index is 13.6. The topological polar surface area (TPSA) is 163 Å². The van der Waals surface area contributed by atoms with Crippen molar-refractivity contribution in [3.8, 4) is 23.0 Å². The molecule has 1 aliphatic rings. The number of carbonyl (C=O) groups is 2. The fourth-order valence-electron chi connectivity index (χ4n) is 6.61. The summed E-state index contributed by atoms with van der Waals surface area (Å²) in [4.78, 5) is 31.1. The Labute approximate surface area is 343 Å². The van der Waals surface area contributed by atoms with Gasteiger partial charge in [-0.1, -0.05) is 45.0 Å². The van der Waals surface area contributed by atoms with Gasteiger partial charge in [0, 0.05) is 51.9 Å². The highest BCUT2D eigenvalue weighted by atomic mass is 32.2. The normalized spacial score (nSPS) is 14.0. The number of fused-ring (bicyclic) bond motifs is 1. The van der Waals surface area contributed by atoms with E-state index < -0.39 is 13.2 Å². The summed E-state index contributed by atoms with van der Waals surface area (Å²) in [5.74, 6) is 3.73. The molecule has 1 saturated heterocycles. The summed E-state index contributed by atoms with van der Waals surface area (Å²) < 4.78 is 30.6. The zero-order chi connectivity index (χ0) is 41.7. The summed E-state index contributed by atoms with van der Waals surface area (Å²) in [6, 6.07) is 23.0. The number of hydroxylamine groups is 3. The van der Waals surface area contributed by atoms with Crippen LogP contribution in [0.1, 0.15) is 36.7 Å². The molecule has 4 aromatic carbocycles. The molecule has 0 aliphatic carbocycles. The van der Waals surface area contributed by atoms with Crippen molar-refractivity contribution in [1.29, 1.82) is 0 Å². The molecule has 0 saturated carbocycles. The number of pyridine rings is 1. The van der Waals surface area contributed by atoms with Crippen LogP contribution in [-0.2, 0) is 9.98 Å². The van der Waals surface area contributed by atoms with Crippen molar-refractivity contribution in [2.24, 2.45) is 0 Å².